The summed E-state index contributed by atoms with van der Waals surface area (Å²) in [5, 5.41) is 0.480. The van der Waals surface area contributed by atoms with Gasteiger partial charge in [0, 0.05) is 11.5 Å². The van der Waals surface area contributed by atoms with Crippen LogP contribution in [-0.4, -0.2) is 13.8 Å². The predicted molar refractivity (Wildman–Crippen MR) is 53.4 cm³/mol. The maximum absolute atomic E-state index is 5.92. The van der Waals surface area contributed by atoms with Gasteiger partial charge in [-0.15, -0.1) is 0 Å². The molecule has 0 atom stereocenters. The third-order valence-corrected chi connectivity index (χ3v) is 2.97. The molecule has 0 spiro atoms. The molecule has 3 nitrogen and oxygen atoms in total. The van der Waals surface area contributed by atoms with Crippen LogP contribution in [0, 0.1) is 0 Å². The van der Waals surface area contributed by atoms with Crippen molar-refractivity contribution in [2.24, 2.45) is 0 Å². The first kappa shape index (κ1) is 7.29. The fourth-order valence-corrected chi connectivity index (χ4v) is 2.33. The number of hydrogen-bond donors (Lipinski definition) is 0. The molecule has 13 heavy (non-hydrogen) atoms. The molecule has 0 unspecified atom stereocenters. The number of imidazole rings is 1. The first-order valence-corrected chi connectivity index (χ1v) is 4.90. The zero-order chi connectivity index (χ0) is 8.84. The van der Waals surface area contributed by atoms with E-state index in [1.807, 2.05) is 28.7 Å². The summed E-state index contributed by atoms with van der Waals surface area (Å²) in [5.41, 5.74) is 1.97. The normalized spacial score (nSPS) is 11.5. The van der Waals surface area contributed by atoms with Crippen LogP contribution in [-0.2, 0) is 0 Å². The van der Waals surface area contributed by atoms with Crippen LogP contribution in [0.1, 0.15) is 0 Å². The van der Waals surface area contributed by atoms with Gasteiger partial charge in [-0.2, -0.15) is 4.37 Å². The number of rotatable bonds is 0. The van der Waals surface area contributed by atoms with Crippen LogP contribution in [0.25, 0.3) is 16.0 Å². The van der Waals surface area contributed by atoms with E-state index in [0.717, 1.165) is 16.0 Å². The summed E-state index contributed by atoms with van der Waals surface area (Å²) < 4.78 is 5.86. The smallest absolute Gasteiger partial charge is 0.221 e. The van der Waals surface area contributed by atoms with Gasteiger partial charge in [0.15, 0.2) is 0 Å². The fraction of sp³-hybridized carbons (Fsp3) is 0. The lowest BCUT2D eigenvalue weighted by molar-refractivity contribution is 1.22. The van der Waals surface area contributed by atoms with Gasteiger partial charge in [-0.1, -0.05) is 12.1 Å². The molecule has 2 aromatic heterocycles. The van der Waals surface area contributed by atoms with Crippen molar-refractivity contribution in [3.8, 4) is 0 Å². The molecule has 2 heterocycles. The molecule has 0 saturated heterocycles. The SMILES string of the molecule is Clc1nsc2nc3ccccc3n12. The molecule has 0 saturated carbocycles. The van der Waals surface area contributed by atoms with E-state index < -0.39 is 0 Å². The Morgan fingerprint density at radius 1 is 1.31 bits per heavy atom. The number of fused-ring (bicyclic) bond motifs is 3. The van der Waals surface area contributed by atoms with Gasteiger partial charge in [0.05, 0.1) is 11.0 Å². The predicted octanol–water partition coefficient (Wildman–Crippen LogP) is 2.60. The van der Waals surface area contributed by atoms with E-state index in [9.17, 15) is 0 Å². The lowest BCUT2D eigenvalue weighted by Gasteiger charge is -1.88. The van der Waals surface area contributed by atoms with E-state index in [1.54, 1.807) is 0 Å². The van der Waals surface area contributed by atoms with Gasteiger partial charge in [-0.05, 0) is 23.7 Å². The van der Waals surface area contributed by atoms with Gasteiger partial charge in [-0.3, -0.25) is 4.40 Å². The lowest BCUT2D eigenvalue weighted by Crippen LogP contribution is -1.78. The molecular weight excluding hydrogens is 206 g/mol. The topological polar surface area (TPSA) is 30.2 Å². The van der Waals surface area contributed by atoms with Crippen molar-refractivity contribution in [2.45, 2.75) is 0 Å². The maximum atomic E-state index is 5.92. The number of nitrogens with zero attached hydrogens (tertiary/aromatic N) is 3. The molecule has 0 radical (unpaired) electrons. The third-order valence-electron chi connectivity index (χ3n) is 1.92. The molecule has 0 bridgehead atoms. The van der Waals surface area contributed by atoms with E-state index >= 15 is 0 Å². The second kappa shape index (κ2) is 2.43. The molecule has 0 N–H and O–H groups in total. The number of halogens is 1. The van der Waals surface area contributed by atoms with Crippen LogP contribution in [0.15, 0.2) is 24.3 Å². The average Bonchev–Trinajstić information content (AvgIpc) is 2.66. The molecule has 0 aliphatic heterocycles. The van der Waals surface area contributed by atoms with E-state index in [-0.39, 0.29) is 0 Å². The number of para-hydroxylation sites is 2. The van der Waals surface area contributed by atoms with Gasteiger partial charge >= 0.3 is 0 Å². The van der Waals surface area contributed by atoms with Crippen LogP contribution < -0.4 is 0 Å². The van der Waals surface area contributed by atoms with E-state index in [4.69, 9.17) is 11.6 Å². The van der Waals surface area contributed by atoms with Crippen LogP contribution in [0.5, 0.6) is 0 Å². The molecule has 3 aromatic rings. The van der Waals surface area contributed by atoms with E-state index in [0.29, 0.717) is 5.28 Å². The summed E-state index contributed by atoms with van der Waals surface area (Å²) in [7, 11) is 0. The molecular formula is C8H4ClN3S. The molecule has 0 aliphatic carbocycles. The van der Waals surface area contributed by atoms with Crippen molar-refractivity contribution in [3.05, 3.63) is 29.5 Å². The zero-order valence-corrected chi connectivity index (χ0v) is 8.01. The molecule has 0 fully saturated rings. The second-order valence-corrected chi connectivity index (χ2v) is 3.74. The average molecular weight is 210 g/mol. The van der Waals surface area contributed by atoms with Gasteiger partial charge in [0.1, 0.15) is 0 Å². The Hall–Kier alpha value is -1.13. The molecule has 3 rings (SSSR count). The quantitative estimate of drug-likeness (QED) is 0.570. The van der Waals surface area contributed by atoms with E-state index in [2.05, 4.69) is 9.36 Å². The second-order valence-electron chi connectivity index (χ2n) is 2.67. The highest BCUT2D eigenvalue weighted by Gasteiger charge is 2.08. The van der Waals surface area contributed by atoms with Crippen LogP contribution in [0.3, 0.4) is 0 Å². The Morgan fingerprint density at radius 3 is 3.08 bits per heavy atom. The highest BCUT2D eigenvalue weighted by atomic mass is 35.5. The van der Waals surface area contributed by atoms with Crippen molar-refractivity contribution in [3.63, 3.8) is 0 Å². The first-order valence-electron chi connectivity index (χ1n) is 3.74. The minimum atomic E-state index is 0.480. The molecule has 64 valence electrons. The fourth-order valence-electron chi connectivity index (χ4n) is 1.36. The van der Waals surface area contributed by atoms with Crippen LogP contribution in [0.4, 0.5) is 0 Å². The molecule has 1 aromatic carbocycles. The minimum absolute atomic E-state index is 0.480. The molecule has 0 amide bonds. The Labute approximate surface area is 82.8 Å². The summed E-state index contributed by atoms with van der Waals surface area (Å²) in [5.74, 6) is 0. The van der Waals surface area contributed by atoms with Gasteiger partial charge in [0.2, 0.25) is 10.2 Å². The summed E-state index contributed by atoms with van der Waals surface area (Å²) >= 11 is 7.22. The monoisotopic (exact) mass is 209 g/mol. The van der Waals surface area contributed by atoms with Crippen LogP contribution in [0.2, 0.25) is 5.28 Å². The largest absolute Gasteiger partial charge is 0.256 e. The Morgan fingerprint density at radius 2 is 2.15 bits per heavy atom. The Kier molecular flexibility index (Phi) is 1.36. The number of hydrogen-bond acceptors (Lipinski definition) is 3. The summed E-state index contributed by atoms with van der Waals surface area (Å²) in [4.78, 5) is 5.21. The maximum Gasteiger partial charge on any atom is 0.221 e. The van der Waals surface area contributed by atoms with Crippen molar-refractivity contribution in [1.82, 2.24) is 13.8 Å². The van der Waals surface area contributed by atoms with Crippen molar-refractivity contribution >= 4 is 39.1 Å². The van der Waals surface area contributed by atoms with Crippen molar-refractivity contribution in [2.75, 3.05) is 0 Å². The highest BCUT2D eigenvalue weighted by Crippen LogP contribution is 2.22. The van der Waals surface area contributed by atoms with Crippen molar-refractivity contribution < 1.29 is 0 Å². The van der Waals surface area contributed by atoms with Crippen molar-refractivity contribution in [1.29, 1.82) is 0 Å². The van der Waals surface area contributed by atoms with Gasteiger partial charge < -0.3 is 0 Å². The van der Waals surface area contributed by atoms with Gasteiger partial charge in [-0.25, -0.2) is 4.98 Å². The Balaban J connectivity index is 2.66. The van der Waals surface area contributed by atoms with Crippen LogP contribution >= 0.6 is 23.1 Å². The lowest BCUT2D eigenvalue weighted by atomic mass is 10.3. The highest BCUT2D eigenvalue weighted by molar-refractivity contribution is 7.11. The third kappa shape index (κ3) is 0.897. The number of benzene rings is 1. The molecule has 5 heteroatoms. The van der Waals surface area contributed by atoms with Gasteiger partial charge in [0.25, 0.3) is 0 Å². The summed E-state index contributed by atoms with van der Waals surface area (Å²) in [6.07, 6.45) is 0. The Bertz CT molecular complexity index is 583. The molecule has 0 aliphatic rings. The first-order chi connectivity index (χ1) is 6.36. The number of aromatic nitrogens is 3. The standard InChI is InChI=1S/C8H4ClN3S/c9-7-11-13-8-10-5-3-1-2-4-6(5)12(7)8/h1-4H. The summed E-state index contributed by atoms with van der Waals surface area (Å²) in [6.45, 7) is 0. The summed E-state index contributed by atoms with van der Waals surface area (Å²) in [6, 6.07) is 7.87. The van der Waals surface area contributed by atoms with E-state index in [1.165, 1.54) is 11.5 Å². The zero-order valence-electron chi connectivity index (χ0n) is 6.44. The minimum Gasteiger partial charge on any atom is -0.256 e.